The highest BCUT2D eigenvalue weighted by atomic mass is 15.2. The highest BCUT2D eigenvalue weighted by Gasteiger charge is 2.40. The predicted octanol–water partition coefficient (Wildman–Crippen LogP) is 2.68. The van der Waals surface area contributed by atoms with E-state index in [9.17, 15) is 0 Å². The van der Waals surface area contributed by atoms with Gasteiger partial charge in [0.2, 0.25) is 0 Å². The topological polar surface area (TPSA) is 28.2 Å². The third-order valence-electron chi connectivity index (χ3n) is 4.77. The number of rotatable bonds is 3. The molecule has 3 nitrogen and oxygen atoms in total. The molecular weight excluding hydrogens is 246 g/mol. The molecule has 110 valence electrons. The summed E-state index contributed by atoms with van der Waals surface area (Å²) in [6, 6.07) is 5.60. The molecule has 2 aliphatic rings. The Labute approximate surface area is 122 Å². The summed E-state index contributed by atoms with van der Waals surface area (Å²) in [6.45, 7) is 10.4. The first-order chi connectivity index (χ1) is 9.54. The zero-order valence-corrected chi connectivity index (χ0v) is 13.0. The van der Waals surface area contributed by atoms with Gasteiger partial charge in [0.05, 0.1) is 0 Å². The minimum atomic E-state index is 0.314. The van der Waals surface area contributed by atoms with Crippen LogP contribution in [0.15, 0.2) is 24.5 Å². The van der Waals surface area contributed by atoms with Gasteiger partial charge in [0.25, 0.3) is 0 Å². The van der Waals surface area contributed by atoms with E-state index < -0.39 is 0 Å². The first kappa shape index (κ1) is 14.0. The lowest BCUT2D eigenvalue weighted by molar-refractivity contribution is 0.0449. The largest absolute Gasteiger partial charge is 0.311 e. The Bertz CT molecular complexity index is 433. The van der Waals surface area contributed by atoms with Gasteiger partial charge < -0.3 is 5.32 Å². The first-order valence-corrected chi connectivity index (χ1v) is 7.90. The summed E-state index contributed by atoms with van der Waals surface area (Å²) >= 11 is 0. The summed E-state index contributed by atoms with van der Waals surface area (Å²) in [7, 11) is 0. The van der Waals surface area contributed by atoms with Gasteiger partial charge in [0.15, 0.2) is 0 Å². The average molecular weight is 273 g/mol. The molecule has 0 radical (unpaired) electrons. The molecule has 1 aliphatic heterocycles. The van der Waals surface area contributed by atoms with Crippen molar-refractivity contribution in [3.63, 3.8) is 0 Å². The van der Waals surface area contributed by atoms with Gasteiger partial charge >= 0.3 is 0 Å². The summed E-state index contributed by atoms with van der Waals surface area (Å²) in [4.78, 5) is 6.82. The Morgan fingerprint density at radius 2 is 1.95 bits per heavy atom. The Kier molecular flexibility index (Phi) is 3.83. The minimum absolute atomic E-state index is 0.314. The van der Waals surface area contributed by atoms with E-state index in [1.54, 1.807) is 0 Å². The van der Waals surface area contributed by atoms with Crippen molar-refractivity contribution in [2.45, 2.75) is 52.2 Å². The fourth-order valence-corrected chi connectivity index (χ4v) is 3.40. The molecule has 0 bridgehead atoms. The number of pyridine rings is 1. The van der Waals surface area contributed by atoms with Crippen LogP contribution in [0.25, 0.3) is 0 Å². The molecule has 0 amide bonds. The predicted molar refractivity (Wildman–Crippen MR) is 82.4 cm³/mol. The van der Waals surface area contributed by atoms with Crippen molar-refractivity contribution < 1.29 is 0 Å². The van der Waals surface area contributed by atoms with Crippen molar-refractivity contribution in [3.8, 4) is 0 Å². The van der Waals surface area contributed by atoms with E-state index in [0.717, 1.165) is 19.0 Å². The van der Waals surface area contributed by atoms with Gasteiger partial charge in [-0.15, -0.1) is 0 Å². The smallest absolute Gasteiger partial charge is 0.0273 e. The zero-order chi connectivity index (χ0) is 14.2. The number of hydrogen-bond acceptors (Lipinski definition) is 3. The molecule has 3 rings (SSSR count). The minimum Gasteiger partial charge on any atom is -0.311 e. The Balaban J connectivity index is 1.73. The second kappa shape index (κ2) is 5.45. The van der Waals surface area contributed by atoms with Gasteiger partial charge in [0.1, 0.15) is 0 Å². The van der Waals surface area contributed by atoms with Crippen molar-refractivity contribution in [3.05, 3.63) is 30.1 Å². The molecule has 1 aromatic heterocycles. The summed E-state index contributed by atoms with van der Waals surface area (Å²) in [5, 5.41) is 3.80. The van der Waals surface area contributed by atoms with Crippen LogP contribution in [0.2, 0.25) is 0 Å². The molecule has 1 aromatic rings. The monoisotopic (exact) mass is 273 g/mol. The maximum Gasteiger partial charge on any atom is 0.0273 e. The molecule has 1 saturated carbocycles. The van der Waals surface area contributed by atoms with Gasteiger partial charge in [-0.1, -0.05) is 20.8 Å². The van der Waals surface area contributed by atoms with E-state index in [-0.39, 0.29) is 0 Å². The molecule has 2 fully saturated rings. The van der Waals surface area contributed by atoms with E-state index in [4.69, 9.17) is 0 Å². The van der Waals surface area contributed by atoms with Crippen LogP contribution < -0.4 is 5.32 Å². The van der Waals surface area contributed by atoms with Crippen LogP contribution in [0.1, 0.15) is 39.2 Å². The van der Waals surface area contributed by atoms with Crippen LogP contribution in [-0.2, 0) is 6.54 Å². The molecule has 3 heteroatoms. The SMILES string of the molecule is CC(C)(C)C1CNC(C2CC2)CN1Cc1ccncc1. The Hall–Kier alpha value is -0.930. The van der Waals surface area contributed by atoms with Gasteiger partial charge in [-0.25, -0.2) is 0 Å². The lowest BCUT2D eigenvalue weighted by Crippen LogP contribution is -2.60. The Morgan fingerprint density at radius 1 is 1.25 bits per heavy atom. The standard InChI is InChI=1S/C17H27N3/c1-17(2,3)16-10-19-15(14-4-5-14)12-20(16)11-13-6-8-18-9-7-13/h6-9,14-16,19H,4-5,10-12H2,1-3H3. The van der Waals surface area contributed by atoms with E-state index >= 15 is 0 Å². The van der Waals surface area contributed by atoms with Crippen molar-refractivity contribution in [1.29, 1.82) is 0 Å². The van der Waals surface area contributed by atoms with Crippen LogP contribution in [0.5, 0.6) is 0 Å². The van der Waals surface area contributed by atoms with Gasteiger partial charge in [-0.2, -0.15) is 0 Å². The second-order valence-electron chi connectivity index (χ2n) is 7.52. The quantitative estimate of drug-likeness (QED) is 0.918. The zero-order valence-electron chi connectivity index (χ0n) is 13.0. The van der Waals surface area contributed by atoms with Crippen molar-refractivity contribution in [2.24, 2.45) is 11.3 Å². The van der Waals surface area contributed by atoms with Crippen LogP contribution in [-0.4, -0.2) is 35.1 Å². The van der Waals surface area contributed by atoms with Crippen LogP contribution in [0.3, 0.4) is 0 Å². The lowest BCUT2D eigenvalue weighted by atomic mass is 9.83. The maximum absolute atomic E-state index is 4.13. The molecule has 2 heterocycles. The van der Waals surface area contributed by atoms with E-state index in [2.05, 4.69) is 48.1 Å². The van der Waals surface area contributed by atoms with Crippen LogP contribution in [0, 0.1) is 11.3 Å². The third kappa shape index (κ3) is 3.21. The highest BCUT2D eigenvalue weighted by Crippen LogP contribution is 2.36. The van der Waals surface area contributed by atoms with Gasteiger partial charge in [-0.05, 0) is 41.9 Å². The summed E-state index contributed by atoms with van der Waals surface area (Å²) in [6.07, 6.45) is 6.64. The number of piperazine rings is 1. The molecule has 0 aromatic carbocycles. The summed E-state index contributed by atoms with van der Waals surface area (Å²) in [5.41, 5.74) is 1.69. The molecular formula is C17H27N3. The molecule has 1 aliphatic carbocycles. The molecule has 0 spiro atoms. The average Bonchev–Trinajstić information content (AvgIpc) is 3.23. The van der Waals surface area contributed by atoms with E-state index in [0.29, 0.717) is 17.5 Å². The van der Waals surface area contributed by atoms with Crippen molar-refractivity contribution in [2.75, 3.05) is 13.1 Å². The third-order valence-corrected chi connectivity index (χ3v) is 4.77. The second-order valence-corrected chi connectivity index (χ2v) is 7.52. The van der Waals surface area contributed by atoms with Crippen LogP contribution in [0.4, 0.5) is 0 Å². The summed E-state index contributed by atoms with van der Waals surface area (Å²) in [5.74, 6) is 0.927. The van der Waals surface area contributed by atoms with Gasteiger partial charge in [-0.3, -0.25) is 9.88 Å². The molecule has 1 saturated heterocycles. The Morgan fingerprint density at radius 3 is 2.55 bits per heavy atom. The number of hydrogen-bond donors (Lipinski definition) is 1. The first-order valence-electron chi connectivity index (χ1n) is 7.90. The van der Waals surface area contributed by atoms with E-state index in [1.807, 2.05) is 12.4 Å². The molecule has 2 unspecified atom stereocenters. The fourth-order valence-electron chi connectivity index (χ4n) is 3.40. The summed E-state index contributed by atoms with van der Waals surface area (Å²) < 4.78 is 0. The maximum atomic E-state index is 4.13. The molecule has 1 N–H and O–H groups in total. The van der Waals surface area contributed by atoms with Crippen molar-refractivity contribution in [1.82, 2.24) is 15.2 Å². The number of nitrogens with zero attached hydrogens (tertiary/aromatic N) is 2. The lowest BCUT2D eigenvalue weighted by Gasteiger charge is -2.46. The normalized spacial score (nSPS) is 28.6. The number of nitrogens with one attached hydrogen (secondary N) is 1. The van der Waals surface area contributed by atoms with Gasteiger partial charge in [0, 0.05) is 44.1 Å². The fraction of sp³-hybridized carbons (Fsp3) is 0.706. The van der Waals surface area contributed by atoms with Crippen molar-refractivity contribution >= 4 is 0 Å². The highest BCUT2D eigenvalue weighted by molar-refractivity contribution is 5.11. The number of aromatic nitrogens is 1. The van der Waals surface area contributed by atoms with E-state index in [1.165, 1.54) is 24.9 Å². The van der Waals surface area contributed by atoms with Crippen LogP contribution >= 0.6 is 0 Å². The molecule has 2 atom stereocenters. The molecule has 20 heavy (non-hydrogen) atoms.